The van der Waals surface area contributed by atoms with Crippen LogP contribution in [0.1, 0.15) is 49.8 Å². The van der Waals surface area contributed by atoms with E-state index < -0.39 is 0 Å². The maximum absolute atomic E-state index is 6.15. The van der Waals surface area contributed by atoms with Crippen molar-refractivity contribution in [1.29, 1.82) is 0 Å². The Morgan fingerprint density at radius 1 is 1.29 bits per heavy atom. The first kappa shape index (κ1) is 10.6. The van der Waals surface area contributed by atoms with Crippen molar-refractivity contribution in [2.24, 2.45) is 0 Å². The Morgan fingerprint density at radius 2 is 2.06 bits per heavy atom. The van der Waals surface area contributed by atoms with Crippen molar-refractivity contribution < 1.29 is 0 Å². The molecule has 1 aliphatic carbocycles. The lowest BCUT2D eigenvalue weighted by atomic mass is 9.98. The van der Waals surface area contributed by atoms with Crippen LogP contribution in [0.3, 0.4) is 0 Å². The van der Waals surface area contributed by atoms with E-state index in [0.717, 1.165) is 16.6 Å². The van der Waals surface area contributed by atoms with Crippen LogP contribution in [0, 0.1) is 0 Å². The second kappa shape index (κ2) is 3.73. The van der Waals surface area contributed by atoms with E-state index in [9.17, 15) is 0 Å². The summed E-state index contributed by atoms with van der Waals surface area (Å²) in [5, 5.41) is 1.10. The third-order valence-corrected chi connectivity index (χ3v) is 3.54. The Balaban J connectivity index is 2.28. The molecule has 0 aliphatic heterocycles. The molecular formula is C15H18N2. The van der Waals surface area contributed by atoms with Gasteiger partial charge in [0.1, 0.15) is 0 Å². The van der Waals surface area contributed by atoms with E-state index in [1.54, 1.807) is 0 Å². The number of nitrogens with two attached hydrogens (primary N) is 1. The zero-order chi connectivity index (χ0) is 12.0. The maximum atomic E-state index is 6.15. The lowest BCUT2D eigenvalue weighted by Gasteiger charge is -2.12. The number of hydrogen-bond donors (Lipinski definition) is 1. The minimum Gasteiger partial charge on any atom is -0.398 e. The van der Waals surface area contributed by atoms with Crippen molar-refractivity contribution >= 4 is 16.6 Å². The second-order valence-electron chi connectivity index (χ2n) is 5.31. The Morgan fingerprint density at radius 3 is 2.71 bits per heavy atom. The van der Waals surface area contributed by atoms with Gasteiger partial charge in [-0.2, -0.15) is 0 Å². The summed E-state index contributed by atoms with van der Waals surface area (Å²) in [5.41, 5.74) is 10.6. The maximum Gasteiger partial charge on any atom is 0.0760 e. The van der Waals surface area contributed by atoms with Crippen LogP contribution in [0.4, 0.5) is 5.69 Å². The highest BCUT2D eigenvalue weighted by Gasteiger charge is 2.26. The molecule has 17 heavy (non-hydrogen) atoms. The Bertz CT molecular complexity index is 568. The standard InChI is InChI=1S/C15H18N2/c1-9(2)11-4-3-5-12-13(16)8-14(10-6-7-10)17-15(11)12/h3-5,8-10H,6-7H2,1-2H3,(H2,16,17). The van der Waals surface area contributed by atoms with Gasteiger partial charge in [-0.05, 0) is 30.4 Å². The molecule has 0 spiro atoms. The van der Waals surface area contributed by atoms with Gasteiger partial charge < -0.3 is 5.73 Å². The summed E-state index contributed by atoms with van der Waals surface area (Å²) in [6.45, 7) is 4.41. The normalized spacial score (nSPS) is 15.7. The van der Waals surface area contributed by atoms with Crippen LogP contribution in [0.5, 0.6) is 0 Å². The number of rotatable bonds is 2. The highest BCUT2D eigenvalue weighted by molar-refractivity contribution is 5.92. The van der Waals surface area contributed by atoms with Gasteiger partial charge in [-0.1, -0.05) is 32.0 Å². The molecule has 0 saturated heterocycles. The Hall–Kier alpha value is -1.57. The highest BCUT2D eigenvalue weighted by Crippen LogP contribution is 2.41. The number of nitrogen functional groups attached to an aromatic ring is 1. The molecule has 2 heteroatoms. The fourth-order valence-corrected chi connectivity index (χ4v) is 2.37. The first-order chi connectivity index (χ1) is 8.16. The molecular weight excluding hydrogens is 208 g/mol. The first-order valence-electron chi connectivity index (χ1n) is 6.36. The molecule has 0 amide bonds. The first-order valence-corrected chi connectivity index (χ1v) is 6.36. The SMILES string of the molecule is CC(C)c1cccc2c(N)cc(C3CC3)nc12. The van der Waals surface area contributed by atoms with Crippen molar-refractivity contribution in [3.8, 4) is 0 Å². The molecule has 1 saturated carbocycles. The quantitative estimate of drug-likeness (QED) is 0.845. The molecule has 0 unspecified atom stereocenters. The number of hydrogen-bond acceptors (Lipinski definition) is 2. The fourth-order valence-electron chi connectivity index (χ4n) is 2.37. The molecule has 0 atom stereocenters. The monoisotopic (exact) mass is 226 g/mol. The summed E-state index contributed by atoms with van der Waals surface area (Å²) in [6.07, 6.45) is 2.53. The summed E-state index contributed by atoms with van der Waals surface area (Å²) < 4.78 is 0. The smallest absolute Gasteiger partial charge is 0.0760 e. The van der Waals surface area contributed by atoms with E-state index in [2.05, 4.69) is 38.1 Å². The van der Waals surface area contributed by atoms with Gasteiger partial charge in [0.25, 0.3) is 0 Å². The third-order valence-electron chi connectivity index (χ3n) is 3.54. The van der Waals surface area contributed by atoms with Gasteiger partial charge in [0.2, 0.25) is 0 Å². The molecule has 88 valence electrons. The largest absolute Gasteiger partial charge is 0.398 e. The van der Waals surface area contributed by atoms with Crippen LogP contribution in [0.2, 0.25) is 0 Å². The minimum absolute atomic E-state index is 0.486. The van der Waals surface area contributed by atoms with Crippen LogP contribution < -0.4 is 5.73 Å². The Labute approximate surface area is 102 Å². The predicted molar refractivity (Wildman–Crippen MR) is 72.2 cm³/mol. The molecule has 2 N–H and O–H groups in total. The molecule has 2 aromatic rings. The average Bonchev–Trinajstić information content (AvgIpc) is 3.11. The highest BCUT2D eigenvalue weighted by atomic mass is 14.7. The minimum atomic E-state index is 0.486. The van der Waals surface area contributed by atoms with Crippen molar-refractivity contribution in [3.63, 3.8) is 0 Å². The number of para-hydroxylation sites is 1. The van der Waals surface area contributed by atoms with E-state index in [4.69, 9.17) is 10.7 Å². The van der Waals surface area contributed by atoms with Crippen LogP contribution >= 0.6 is 0 Å². The van der Waals surface area contributed by atoms with Gasteiger partial charge in [-0.25, -0.2) is 0 Å². The zero-order valence-electron chi connectivity index (χ0n) is 10.4. The number of nitrogens with zero attached hydrogens (tertiary/aromatic N) is 1. The molecule has 1 fully saturated rings. The predicted octanol–water partition coefficient (Wildman–Crippen LogP) is 3.82. The van der Waals surface area contributed by atoms with Gasteiger partial charge in [0.15, 0.2) is 0 Å². The number of aromatic nitrogens is 1. The average molecular weight is 226 g/mol. The van der Waals surface area contributed by atoms with Crippen molar-refractivity contribution in [2.75, 3.05) is 5.73 Å². The summed E-state index contributed by atoms with van der Waals surface area (Å²) in [7, 11) is 0. The van der Waals surface area contributed by atoms with Gasteiger partial charge in [0, 0.05) is 22.7 Å². The molecule has 1 aromatic carbocycles. The van der Waals surface area contributed by atoms with Gasteiger partial charge in [0.05, 0.1) is 5.52 Å². The van der Waals surface area contributed by atoms with E-state index in [1.807, 2.05) is 0 Å². The van der Waals surface area contributed by atoms with E-state index >= 15 is 0 Å². The zero-order valence-corrected chi connectivity index (χ0v) is 10.4. The number of benzene rings is 1. The molecule has 2 nitrogen and oxygen atoms in total. The van der Waals surface area contributed by atoms with Crippen LogP contribution in [-0.2, 0) is 0 Å². The van der Waals surface area contributed by atoms with Crippen molar-refractivity contribution in [3.05, 3.63) is 35.5 Å². The lowest BCUT2D eigenvalue weighted by molar-refractivity contribution is 0.870. The number of fused-ring (bicyclic) bond motifs is 1. The summed E-state index contributed by atoms with van der Waals surface area (Å²) in [6, 6.07) is 8.37. The molecule has 1 aliphatic rings. The topological polar surface area (TPSA) is 38.9 Å². The van der Waals surface area contributed by atoms with Gasteiger partial charge >= 0.3 is 0 Å². The van der Waals surface area contributed by atoms with Crippen LogP contribution in [0.15, 0.2) is 24.3 Å². The molecule has 3 rings (SSSR count). The second-order valence-corrected chi connectivity index (χ2v) is 5.31. The van der Waals surface area contributed by atoms with Gasteiger partial charge in [-0.3, -0.25) is 4.98 Å². The Kier molecular flexibility index (Phi) is 2.32. The molecule has 1 heterocycles. The number of anilines is 1. The third kappa shape index (κ3) is 1.78. The summed E-state index contributed by atoms with van der Waals surface area (Å²) >= 11 is 0. The lowest BCUT2D eigenvalue weighted by Crippen LogP contribution is -1.98. The summed E-state index contributed by atoms with van der Waals surface area (Å²) in [5.74, 6) is 1.14. The van der Waals surface area contributed by atoms with Crippen LogP contribution in [0.25, 0.3) is 10.9 Å². The molecule has 1 aromatic heterocycles. The van der Waals surface area contributed by atoms with Crippen molar-refractivity contribution in [2.45, 2.75) is 38.5 Å². The van der Waals surface area contributed by atoms with Gasteiger partial charge in [-0.15, -0.1) is 0 Å². The number of pyridine rings is 1. The molecule has 0 bridgehead atoms. The van der Waals surface area contributed by atoms with E-state index in [0.29, 0.717) is 11.8 Å². The van der Waals surface area contributed by atoms with E-state index in [-0.39, 0.29) is 0 Å². The van der Waals surface area contributed by atoms with Crippen LogP contribution in [-0.4, -0.2) is 4.98 Å². The summed E-state index contributed by atoms with van der Waals surface area (Å²) in [4.78, 5) is 4.84. The fraction of sp³-hybridized carbons (Fsp3) is 0.400. The molecule has 0 radical (unpaired) electrons. The van der Waals surface area contributed by atoms with Crippen molar-refractivity contribution in [1.82, 2.24) is 4.98 Å². The van der Waals surface area contributed by atoms with E-state index in [1.165, 1.54) is 24.1 Å².